The number of aromatic nitrogens is 6. The van der Waals surface area contributed by atoms with Crippen LogP contribution in [0, 0.1) is 25.5 Å². The van der Waals surface area contributed by atoms with Gasteiger partial charge >= 0.3 is 12.4 Å². The second-order valence-corrected chi connectivity index (χ2v) is 20.4. The number of halogens is 8. The summed E-state index contributed by atoms with van der Waals surface area (Å²) in [6.07, 6.45) is -7.80. The van der Waals surface area contributed by atoms with Gasteiger partial charge in [0, 0.05) is 58.0 Å². The van der Waals surface area contributed by atoms with Gasteiger partial charge in [-0.05, 0) is 90.0 Å². The van der Waals surface area contributed by atoms with Crippen LogP contribution in [0.25, 0.3) is 0 Å². The van der Waals surface area contributed by atoms with E-state index in [4.69, 9.17) is 19.6 Å². The number of rotatable bonds is 14. The molecule has 10 rings (SSSR count). The summed E-state index contributed by atoms with van der Waals surface area (Å²) in [5.74, 6) is -1.21. The van der Waals surface area contributed by atoms with Crippen LogP contribution in [0.1, 0.15) is 118 Å². The normalized spacial score (nSPS) is 20.6. The zero-order chi connectivity index (χ0) is 50.5. The first-order chi connectivity index (χ1) is 34.5. The second kappa shape index (κ2) is 20.2. The number of Topliss-reactive ketones (excluding diaryl/α,β-unsaturated/α-hetero) is 1. The highest BCUT2D eigenvalue weighted by atomic mass is 32.1. The fourth-order valence-corrected chi connectivity index (χ4v) is 12.0. The van der Waals surface area contributed by atoms with Gasteiger partial charge in [0.1, 0.15) is 23.1 Å². The van der Waals surface area contributed by atoms with E-state index in [0.29, 0.717) is 98.6 Å². The molecule has 0 amide bonds. The lowest BCUT2D eigenvalue weighted by Gasteiger charge is -2.41. The van der Waals surface area contributed by atoms with Crippen LogP contribution in [-0.4, -0.2) is 94.8 Å². The summed E-state index contributed by atoms with van der Waals surface area (Å²) in [5, 5.41) is 21.7. The van der Waals surface area contributed by atoms with Crippen molar-refractivity contribution in [2.24, 2.45) is 10.3 Å². The smallest absolute Gasteiger partial charge is 0.387 e. The Bertz CT molecular complexity index is 2790. The standard InChI is InChI=1S/C49H48F8N10O3S2/c1-27-19-43(48(52,53)54)60-66(27)23-39(64-15-11-29(12-16-64)46-58-37(25-71-46)35-21-41(69-62-35)31-7-3-5-9-33(31)50)45(68)40(24-67-28(2)20-44(61-67)49(55,56)57)65-17-13-30(14-18-65)47-59-38(26-72-47)36-22-42(70-63-36)32-8-4-6-10-34(32)51/h3-10,19-20,25-26,29-30,39-42H,11-18,21-24H2,1-2H3/t39?,40?,41-,42-/m1/s1. The fourth-order valence-electron chi connectivity index (χ4n) is 9.98. The van der Waals surface area contributed by atoms with E-state index in [1.54, 1.807) is 36.4 Å². The summed E-state index contributed by atoms with van der Waals surface area (Å²) in [7, 11) is 0. The molecule has 2 aromatic carbocycles. The van der Waals surface area contributed by atoms with Gasteiger partial charge in [-0.15, -0.1) is 22.7 Å². The number of alkyl halides is 6. The van der Waals surface area contributed by atoms with Crippen molar-refractivity contribution >= 4 is 39.9 Å². The van der Waals surface area contributed by atoms with Crippen LogP contribution in [0.15, 0.2) is 81.7 Å². The Labute approximate surface area is 416 Å². The third-order valence-corrected chi connectivity index (χ3v) is 16.0. The number of thiazole rings is 2. The molecule has 0 N–H and O–H groups in total. The molecule has 6 aromatic rings. The number of ketones is 1. The van der Waals surface area contributed by atoms with E-state index in [0.717, 1.165) is 22.1 Å². The molecule has 0 radical (unpaired) electrons. The van der Waals surface area contributed by atoms with Gasteiger partial charge in [-0.3, -0.25) is 24.0 Å². The molecular weight excluding hydrogens is 993 g/mol. The SMILES string of the molecule is Cc1cc(C(F)(F)F)nn1CC(C(=O)C(Cn1nc(C(F)(F)F)cc1C)N1CCC(c2nc(C3=NO[C@@H](c4ccccc4F)C3)cs2)CC1)N1CCC(c2nc(C3=NO[C@@H](c4ccccc4F)C3)cs2)CC1. The van der Waals surface area contributed by atoms with Crippen LogP contribution in [0.3, 0.4) is 0 Å². The molecule has 4 aromatic heterocycles. The van der Waals surface area contributed by atoms with Crippen molar-refractivity contribution in [2.75, 3.05) is 26.2 Å². The highest BCUT2D eigenvalue weighted by molar-refractivity contribution is 7.10. The number of carbonyl (C=O) groups excluding carboxylic acids is 1. The lowest BCUT2D eigenvalue weighted by atomic mass is 9.91. The van der Waals surface area contributed by atoms with Crippen LogP contribution < -0.4 is 0 Å². The first kappa shape index (κ1) is 49.7. The van der Waals surface area contributed by atoms with Crippen molar-refractivity contribution in [2.45, 2.75) is 114 Å². The quantitative estimate of drug-likeness (QED) is 0.0980. The highest BCUT2D eigenvalue weighted by Crippen LogP contribution is 2.39. The molecule has 8 heterocycles. The molecule has 0 saturated carbocycles. The van der Waals surface area contributed by atoms with Crippen LogP contribution >= 0.6 is 22.7 Å². The largest absolute Gasteiger partial charge is 0.435 e. The molecule has 2 unspecified atom stereocenters. The average Bonchev–Trinajstić information content (AvgIpc) is 4.23. The Balaban J connectivity index is 0.875. The monoisotopic (exact) mass is 1040 g/mol. The molecule has 2 fully saturated rings. The molecule has 0 spiro atoms. The lowest BCUT2D eigenvalue weighted by molar-refractivity contribution is -0.142. The second-order valence-electron chi connectivity index (χ2n) is 18.6. The molecule has 380 valence electrons. The number of carbonyl (C=O) groups is 1. The maximum Gasteiger partial charge on any atom is 0.435 e. The maximum absolute atomic E-state index is 15.5. The Hall–Kier alpha value is -5.91. The molecule has 4 atom stereocenters. The van der Waals surface area contributed by atoms with E-state index in [1.165, 1.54) is 58.0 Å². The van der Waals surface area contributed by atoms with Crippen LogP contribution in [0.2, 0.25) is 0 Å². The minimum Gasteiger partial charge on any atom is -0.387 e. The summed E-state index contributed by atoms with van der Waals surface area (Å²) in [6.45, 7) is 3.95. The van der Waals surface area contributed by atoms with Crippen molar-refractivity contribution in [3.8, 4) is 0 Å². The van der Waals surface area contributed by atoms with Crippen LogP contribution in [0.4, 0.5) is 35.1 Å². The lowest BCUT2D eigenvalue weighted by Crippen LogP contribution is -2.57. The Morgan fingerprint density at radius 3 is 1.39 bits per heavy atom. The minimum atomic E-state index is -4.74. The maximum atomic E-state index is 15.5. The molecule has 23 heteroatoms. The molecule has 2 saturated heterocycles. The highest BCUT2D eigenvalue weighted by Gasteiger charge is 2.42. The van der Waals surface area contributed by atoms with E-state index in [-0.39, 0.29) is 53.7 Å². The number of aryl methyl sites for hydroxylation is 2. The van der Waals surface area contributed by atoms with Gasteiger partial charge in [0.15, 0.2) is 29.4 Å². The summed E-state index contributed by atoms with van der Waals surface area (Å²) in [4.78, 5) is 40.3. The Kier molecular flexibility index (Phi) is 13.9. The average molecular weight is 1040 g/mol. The summed E-state index contributed by atoms with van der Waals surface area (Å²) < 4.78 is 115. The molecule has 72 heavy (non-hydrogen) atoms. The number of benzene rings is 2. The van der Waals surface area contributed by atoms with Crippen molar-refractivity contribution in [1.82, 2.24) is 39.3 Å². The summed E-state index contributed by atoms with van der Waals surface area (Å²) >= 11 is 2.91. The van der Waals surface area contributed by atoms with Crippen LogP contribution in [0.5, 0.6) is 0 Å². The van der Waals surface area contributed by atoms with Gasteiger partial charge in [0.2, 0.25) is 0 Å². The summed E-state index contributed by atoms with van der Waals surface area (Å²) in [6, 6.07) is 12.5. The topological polar surface area (TPSA) is 128 Å². The number of oxime groups is 2. The number of hydrogen-bond donors (Lipinski definition) is 0. The van der Waals surface area contributed by atoms with Gasteiger partial charge < -0.3 is 9.68 Å². The number of hydrogen-bond acceptors (Lipinski definition) is 13. The van der Waals surface area contributed by atoms with E-state index < -0.39 is 48.0 Å². The molecule has 0 aliphatic carbocycles. The van der Waals surface area contributed by atoms with Gasteiger partial charge in [-0.2, -0.15) is 36.5 Å². The van der Waals surface area contributed by atoms with Crippen molar-refractivity contribution < 1.29 is 49.6 Å². The zero-order valence-electron chi connectivity index (χ0n) is 38.9. The van der Waals surface area contributed by atoms with Crippen molar-refractivity contribution in [3.63, 3.8) is 0 Å². The first-order valence-electron chi connectivity index (χ1n) is 23.6. The minimum absolute atomic E-state index is 0.0282. The van der Waals surface area contributed by atoms with Gasteiger partial charge in [0.05, 0.1) is 46.6 Å². The van der Waals surface area contributed by atoms with E-state index in [1.807, 2.05) is 20.6 Å². The molecule has 4 aliphatic rings. The summed E-state index contributed by atoms with van der Waals surface area (Å²) in [5.41, 5.74) is 1.40. The van der Waals surface area contributed by atoms with Crippen molar-refractivity contribution in [1.29, 1.82) is 0 Å². The van der Waals surface area contributed by atoms with Gasteiger partial charge in [-0.1, -0.05) is 46.7 Å². The Morgan fingerprint density at radius 2 is 1.03 bits per heavy atom. The first-order valence-corrected chi connectivity index (χ1v) is 25.3. The molecule has 13 nitrogen and oxygen atoms in total. The Morgan fingerprint density at radius 1 is 0.639 bits per heavy atom. The number of piperidine rings is 2. The number of nitrogens with zero attached hydrogens (tertiary/aromatic N) is 10. The third-order valence-electron chi connectivity index (χ3n) is 14.0. The predicted octanol–water partition coefficient (Wildman–Crippen LogP) is 10.4. The van der Waals surface area contributed by atoms with E-state index >= 15 is 4.79 Å². The number of likely N-dealkylation sites (tertiary alicyclic amines) is 2. The van der Waals surface area contributed by atoms with Crippen LogP contribution in [-0.2, 0) is 39.9 Å². The predicted molar refractivity (Wildman–Crippen MR) is 251 cm³/mol. The molecule has 0 bridgehead atoms. The fraction of sp³-hybridized carbons (Fsp3) is 0.449. The van der Waals surface area contributed by atoms with Gasteiger partial charge in [-0.25, -0.2) is 18.7 Å². The van der Waals surface area contributed by atoms with Gasteiger partial charge in [0.25, 0.3) is 0 Å². The van der Waals surface area contributed by atoms with Crippen molar-refractivity contribution in [3.05, 3.63) is 138 Å². The molecular formula is C49H48F8N10O3S2. The zero-order valence-corrected chi connectivity index (χ0v) is 40.5. The molecule has 4 aliphatic heterocycles. The third kappa shape index (κ3) is 10.5. The van der Waals surface area contributed by atoms with E-state index in [2.05, 4.69) is 20.5 Å². The van der Waals surface area contributed by atoms with E-state index in [9.17, 15) is 35.1 Å².